The van der Waals surface area contributed by atoms with Gasteiger partial charge in [-0.15, -0.1) is 0 Å². The van der Waals surface area contributed by atoms with Crippen molar-refractivity contribution in [1.82, 2.24) is 0 Å². The zero-order valence-corrected chi connectivity index (χ0v) is 40.7. The summed E-state index contributed by atoms with van der Waals surface area (Å²) < 4.78 is 0. The Morgan fingerprint density at radius 3 is 0.824 bits per heavy atom. The summed E-state index contributed by atoms with van der Waals surface area (Å²) in [6, 6.07) is 107. The number of benzene rings is 14. The second kappa shape index (κ2) is 18.2. The molecule has 74 heavy (non-hydrogen) atoms. The fourth-order valence-corrected chi connectivity index (χ4v) is 11.9. The molecule has 0 fully saturated rings. The van der Waals surface area contributed by atoms with E-state index in [0.29, 0.717) is 0 Å². The van der Waals surface area contributed by atoms with Gasteiger partial charge in [-0.25, -0.2) is 0 Å². The predicted molar refractivity (Wildman–Crippen MR) is 317 cm³/mol. The van der Waals surface area contributed by atoms with Gasteiger partial charge in [0.1, 0.15) is 0 Å². The Kier molecular flexibility index (Phi) is 10.6. The van der Waals surface area contributed by atoms with Crippen molar-refractivity contribution in [3.8, 4) is 89.0 Å². The van der Waals surface area contributed by atoms with Crippen LogP contribution in [0.1, 0.15) is 0 Å². The van der Waals surface area contributed by atoms with E-state index in [1.807, 2.05) is 0 Å². The van der Waals surface area contributed by atoms with E-state index in [0.717, 1.165) is 0 Å². The maximum absolute atomic E-state index is 2.39. The SMILES string of the molecule is c1ccc(-c2c(-c3cccc(-c4cccc5c(-c6cccc7ccccc67)cccc45)c3)ccc3c(-c4ccccc4)c(-c4cccc(-c5cccc6c(-c7cccc8ccccc78)cccc56)c4)ccc23)cc1. The average molecular weight is 937 g/mol. The molecule has 0 aromatic heterocycles. The Morgan fingerprint density at radius 1 is 0.135 bits per heavy atom. The Hall–Kier alpha value is -9.62. The zero-order chi connectivity index (χ0) is 49.0. The normalized spacial score (nSPS) is 11.5. The molecule has 0 N–H and O–H groups in total. The molecule has 0 aliphatic carbocycles. The van der Waals surface area contributed by atoms with E-state index in [1.165, 1.54) is 143 Å². The highest BCUT2D eigenvalue weighted by Gasteiger charge is 2.20. The Balaban J connectivity index is 0.915. The van der Waals surface area contributed by atoms with Gasteiger partial charge in [0.25, 0.3) is 0 Å². The second-order valence-corrected chi connectivity index (χ2v) is 19.4. The van der Waals surface area contributed by atoms with Gasteiger partial charge in [0.15, 0.2) is 0 Å². The highest BCUT2D eigenvalue weighted by molar-refractivity contribution is 6.15. The largest absolute Gasteiger partial charge is 0.0622 e. The first-order valence-electron chi connectivity index (χ1n) is 25.7. The summed E-state index contributed by atoms with van der Waals surface area (Å²) in [5.74, 6) is 0. The summed E-state index contributed by atoms with van der Waals surface area (Å²) in [6.45, 7) is 0. The molecule has 0 radical (unpaired) electrons. The molecule has 0 nitrogen and oxygen atoms in total. The van der Waals surface area contributed by atoms with Crippen LogP contribution in [0, 0.1) is 0 Å². The third kappa shape index (κ3) is 7.39. The summed E-state index contributed by atoms with van der Waals surface area (Å²) in [5, 5.41) is 12.5. The molecule has 344 valence electrons. The molecule has 0 saturated heterocycles. The van der Waals surface area contributed by atoms with Crippen molar-refractivity contribution in [2.75, 3.05) is 0 Å². The van der Waals surface area contributed by atoms with Crippen molar-refractivity contribution >= 4 is 53.9 Å². The lowest BCUT2D eigenvalue weighted by Crippen LogP contribution is -1.93. The van der Waals surface area contributed by atoms with Crippen LogP contribution in [0.25, 0.3) is 143 Å². The van der Waals surface area contributed by atoms with E-state index < -0.39 is 0 Å². The van der Waals surface area contributed by atoms with Crippen LogP contribution in [0.4, 0.5) is 0 Å². The van der Waals surface area contributed by atoms with Gasteiger partial charge in [-0.05, 0) is 155 Å². The number of hydrogen-bond donors (Lipinski definition) is 0. The first kappa shape index (κ1) is 43.2. The van der Waals surface area contributed by atoms with Crippen LogP contribution in [-0.4, -0.2) is 0 Å². The molecule has 0 unspecified atom stereocenters. The first-order chi connectivity index (χ1) is 36.7. The highest BCUT2D eigenvalue weighted by Crippen LogP contribution is 2.47. The van der Waals surface area contributed by atoms with Crippen molar-refractivity contribution in [3.05, 3.63) is 291 Å². The van der Waals surface area contributed by atoms with Crippen molar-refractivity contribution in [2.24, 2.45) is 0 Å². The molecule has 0 spiro atoms. The standard InChI is InChI=1S/C74H48/c1-3-21-51(22-4-1)73-61(55-29-11-27-53(47-55)59-33-15-39-69-65(59)37-17-41-67(69)63-35-13-25-49-19-7-9-31-57(49)63)43-46-72-71(73)45-44-62(74(72)52-23-5-2-6-24-52)56-30-12-28-54(48-56)60-34-16-40-70-66(60)38-18-42-68(70)64-36-14-26-50-20-8-10-32-58(50)64/h1-48H. The predicted octanol–water partition coefficient (Wildman–Crippen LogP) is 20.8. The minimum atomic E-state index is 1.18. The van der Waals surface area contributed by atoms with Crippen molar-refractivity contribution in [3.63, 3.8) is 0 Å². The molecule has 0 saturated carbocycles. The van der Waals surface area contributed by atoms with Gasteiger partial charge in [0.2, 0.25) is 0 Å². The monoisotopic (exact) mass is 936 g/mol. The van der Waals surface area contributed by atoms with Crippen LogP contribution in [-0.2, 0) is 0 Å². The van der Waals surface area contributed by atoms with Gasteiger partial charge in [0, 0.05) is 0 Å². The van der Waals surface area contributed by atoms with Gasteiger partial charge in [-0.1, -0.05) is 279 Å². The molecule has 0 aliphatic rings. The smallest absolute Gasteiger partial charge is 0.00266 e. The lowest BCUT2D eigenvalue weighted by atomic mass is 9.83. The molecular formula is C74H48. The third-order valence-corrected chi connectivity index (χ3v) is 15.3. The fraction of sp³-hybridized carbons (Fsp3) is 0. The van der Waals surface area contributed by atoms with Crippen LogP contribution >= 0.6 is 0 Å². The van der Waals surface area contributed by atoms with E-state index >= 15 is 0 Å². The van der Waals surface area contributed by atoms with E-state index in [9.17, 15) is 0 Å². The molecule has 0 heterocycles. The molecule has 0 bridgehead atoms. The summed E-state index contributed by atoms with van der Waals surface area (Å²) >= 11 is 0. The average Bonchev–Trinajstić information content (AvgIpc) is 3.50. The Bertz CT molecular complexity index is 4170. The molecule has 0 aliphatic heterocycles. The first-order valence-corrected chi connectivity index (χ1v) is 25.7. The number of fused-ring (bicyclic) bond motifs is 5. The van der Waals surface area contributed by atoms with Crippen molar-refractivity contribution in [2.45, 2.75) is 0 Å². The van der Waals surface area contributed by atoms with Gasteiger partial charge in [-0.2, -0.15) is 0 Å². The number of rotatable bonds is 8. The van der Waals surface area contributed by atoms with Gasteiger partial charge >= 0.3 is 0 Å². The maximum Gasteiger partial charge on any atom is -0.00266 e. The summed E-state index contributed by atoms with van der Waals surface area (Å²) in [5.41, 5.74) is 19.4. The van der Waals surface area contributed by atoms with Crippen LogP contribution in [0.15, 0.2) is 291 Å². The van der Waals surface area contributed by atoms with Crippen LogP contribution < -0.4 is 0 Å². The van der Waals surface area contributed by atoms with E-state index in [2.05, 4.69) is 291 Å². The Labute approximate surface area is 431 Å². The lowest BCUT2D eigenvalue weighted by Gasteiger charge is -2.20. The van der Waals surface area contributed by atoms with E-state index in [1.54, 1.807) is 0 Å². The molecule has 0 amide bonds. The summed E-state index contributed by atoms with van der Waals surface area (Å²) in [6.07, 6.45) is 0. The molecule has 0 heteroatoms. The number of hydrogen-bond acceptors (Lipinski definition) is 0. The summed E-state index contributed by atoms with van der Waals surface area (Å²) in [7, 11) is 0. The minimum Gasteiger partial charge on any atom is -0.0622 e. The quantitative estimate of drug-likeness (QED) is 0.142. The third-order valence-electron chi connectivity index (χ3n) is 15.3. The molecule has 14 rings (SSSR count). The van der Waals surface area contributed by atoms with Crippen LogP contribution in [0.5, 0.6) is 0 Å². The lowest BCUT2D eigenvalue weighted by molar-refractivity contribution is 1.58. The Morgan fingerprint density at radius 2 is 0.405 bits per heavy atom. The van der Waals surface area contributed by atoms with E-state index in [-0.39, 0.29) is 0 Å². The fourth-order valence-electron chi connectivity index (χ4n) is 11.9. The second-order valence-electron chi connectivity index (χ2n) is 19.4. The molecule has 14 aromatic carbocycles. The van der Waals surface area contributed by atoms with Crippen LogP contribution in [0.2, 0.25) is 0 Å². The van der Waals surface area contributed by atoms with Gasteiger partial charge < -0.3 is 0 Å². The molecular weight excluding hydrogens is 889 g/mol. The highest BCUT2D eigenvalue weighted by atomic mass is 14.2. The van der Waals surface area contributed by atoms with Gasteiger partial charge in [-0.3, -0.25) is 0 Å². The topological polar surface area (TPSA) is 0 Å². The van der Waals surface area contributed by atoms with Gasteiger partial charge in [0.05, 0.1) is 0 Å². The molecule has 0 atom stereocenters. The van der Waals surface area contributed by atoms with Crippen molar-refractivity contribution in [1.29, 1.82) is 0 Å². The van der Waals surface area contributed by atoms with E-state index in [4.69, 9.17) is 0 Å². The van der Waals surface area contributed by atoms with Crippen molar-refractivity contribution < 1.29 is 0 Å². The summed E-state index contributed by atoms with van der Waals surface area (Å²) in [4.78, 5) is 0. The van der Waals surface area contributed by atoms with Crippen LogP contribution in [0.3, 0.4) is 0 Å². The minimum absolute atomic E-state index is 1.18. The maximum atomic E-state index is 2.39. The molecule has 14 aromatic rings. The zero-order valence-electron chi connectivity index (χ0n) is 40.7.